The van der Waals surface area contributed by atoms with Crippen LogP contribution in [0.1, 0.15) is 18.4 Å². The van der Waals surface area contributed by atoms with Crippen molar-refractivity contribution in [3.63, 3.8) is 0 Å². The van der Waals surface area contributed by atoms with E-state index in [1.54, 1.807) is 0 Å². The third-order valence-electron chi connectivity index (χ3n) is 3.62. The SMILES string of the molecule is Cc1ccc(CN(C)CC(C)CN2CCNCC2)o1. The van der Waals surface area contributed by atoms with Crippen molar-refractivity contribution in [2.75, 3.05) is 46.3 Å². The summed E-state index contributed by atoms with van der Waals surface area (Å²) in [6.07, 6.45) is 0. The molecule has 1 N–H and O–H groups in total. The van der Waals surface area contributed by atoms with E-state index in [0.717, 1.165) is 37.7 Å². The van der Waals surface area contributed by atoms with Gasteiger partial charge in [0.1, 0.15) is 11.5 Å². The van der Waals surface area contributed by atoms with Crippen LogP contribution in [0.15, 0.2) is 16.5 Å². The molecule has 1 aliphatic heterocycles. The molecule has 0 spiro atoms. The van der Waals surface area contributed by atoms with Crippen LogP contribution < -0.4 is 5.32 Å². The van der Waals surface area contributed by atoms with E-state index in [1.807, 2.05) is 13.0 Å². The summed E-state index contributed by atoms with van der Waals surface area (Å²) >= 11 is 0. The third kappa shape index (κ3) is 4.97. The van der Waals surface area contributed by atoms with Gasteiger partial charge in [-0.15, -0.1) is 0 Å². The highest BCUT2D eigenvalue weighted by Gasteiger charge is 2.15. The van der Waals surface area contributed by atoms with E-state index in [9.17, 15) is 0 Å². The Bertz CT molecular complexity index is 371. The van der Waals surface area contributed by atoms with Crippen molar-refractivity contribution >= 4 is 0 Å². The van der Waals surface area contributed by atoms with Crippen molar-refractivity contribution in [2.45, 2.75) is 20.4 Å². The van der Waals surface area contributed by atoms with Crippen molar-refractivity contribution in [1.82, 2.24) is 15.1 Å². The Morgan fingerprint density at radius 3 is 2.74 bits per heavy atom. The quantitative estimate of drug-likeness (QED) is 0.846. The van der Waals surface area contributed by atoms with Crippen LogP contribution in [0, 0.1) is 12.8 Å². The van der Waals surface area contributed by atoms with Gasteiger partial charge < -0.3 is 14.6 Å². The van der Waals surface area contributed by atoms with Crippen molar-refractivity contribution in [3.05, 3.63) is 23.7 Å². The minimum atomic E-state index is 0.694. The molecule has 1 aromatic heterocycles. The zero-order chi connectivity index (χ0) is 13.7. The lowest BCUT2D eigenvalue weighted by atomic mass is 10.1. The highest BCUT2D eigenvalue weighted by molar-refractivity contribution is 5.05. The van der Waals surface area contributed by atoms with Gasteiger partial charge >= 0.3 is 0 Å². The molecule has 1 saturated heterocycles. The second kappa shape index (κ2) is 7.08. The average Bonchev–Trinajstić information content (AvgIpc) is 2.75. The number of piperazine rings is 1. The number of hydrogen-bond acceptors (Lipinski definition) is 4. The van der Waals surface area contributed by atoms with Gasteiger partial charge in [-0.05, 0) is 32.0 Å². The molecule has 1 unspecified atom stereocenters. The molecule has 4 heteroatoms. The van der Waals surface area contributed by atoms with Crippen LogP contribution in [0.4, 0.5) is 0 Å². The fourth-order valence-corrected chi connectivity index (χ4v) is 2.82. The Kier molecular flexibility index (Phi) is 5.43. The zero-order valence-electron chi connectivity index (χ0n) is 12.5. The topological polar surface area (TPSA) is 31.6 Å². The van der Waals surface area contributed by atoms with Crippen LogP contribution in [0.3, 0.4) is 0 Å². The molecule has 4 nitrogen and oxygen atoms in total. The van der Waals surface area contributed by atoms with Crippen LogP contribution in [0.2, 0.25) is 0 Å². The standard InChI is InChI=1S/C15H27N3O/c1-13(11-18-8-6-16-7-9-18)10-17(3)12-15-5-4-14(2)19-15/h4-5,13,16H,6-12H2,1-3H3. The maximum atomic E-state index is 5.63. The number of nitrogens with zero attached hydrogens (tertiary/aromatic N) is 2. The fourth-order valence-electron chi connectivity index (χ4n) is 2.82. The van der Waals surface area contributed by atoms with Gasteiger partial charge in [0.2, 0.25) is 0 Å². The Hall–Kier alpha value is -0.840. The number of furan rings is 1. The molecule has 1 aliphatic rings. The first-order chi connectivity index (χ1) is 9.13. The summed E-state index contributed by atoms with van der Waals surface area (Å²) < 4.78 is 5.63. The molecule has 2 rings (SSSR count). The lowest BCUT2D eigenvalue weighted by Crippen LogP contribution is -2.46. The van der Waals surface area contributed by atoms with Crippen molar-refractivity contribution in [3.8, 4) is 0 Å². The maximum Gasteiger partial charge on any atom is 0.118 e. The first-order valence-electron chi connectivity index (χ1n) is 7.30. The summed E-state index contributed by atoms with van der Waals surface area (Å²) in [6, 6.07) is 4.11. The molecule has 0 aromatic carbocycles. The lowest BCUT2D eigenvalue weighted by Gasteiger charge is -2.31. The van der Waals surface area contributed by atoms with Gasteiger partial charge in [0, 0.05) is 39.3 Å². The lowest BCUT2D eigenvalue weighted by molar-refractivity contribution is 0.177. The van der Waals surface area contributed by atoms with E-state index in [0.29, 0.717) is 5.92 Å². The van der Waals surface area contributed by atoms with Gasteiger partial charge in [-0.25, -0.2) is 0 Å². The van der Waals surface area contributed by atoms with Crippen molar-refractivity contribution in [2.24, 2.45) is 5.92 Å². The van der Waals surface area contributed by atoms with E-state index < -0.39 is 0 Å². The predicted molar refractivity (Wildman–Crippen MR) is 78.3 cm³/mol. The summed E-state index contributed by atoms with van der Waals surface area (Å²) in [7, 11) is 2.17. The number of hydrogen-bond donors (Lipinski definition) is 1. The summed E-state index contributed by atoms with van der Waals surface area (Å²) in [5.74, 6) is 2.76. The van der Waals surface area contributed by atoms with Crippen LogP contribution >= 0.6 is 0 Å². The Morgan fingerprint density at radius 2 is 2.11 bits per heavy atom. The maximum absolute atomic E-state index is 5.63. The van der Waals surface area contributed by atoms with Gasteiger partial charge in [0.15, 0.2) is 0 Å². The average molecular weight is 265 g/mol. The summed E-state index contributed by atoms with van der Waals surface area (Å²) in [6.45, 7) is 12.2. The molecule has 1 atom stereocenters. The largest absolute Gasteiger partial charge is 0.465 e. The molecule has 2 heterocycles. The molecular formula is C15H27N3O. The summed E-state index contributed by atoms with van der Waals surface area (Å²) in [5, 5.41) is 3.40. The molecule has 0 aliphatic carbocycles. The summed E-state index contributed by atoms with van der Waals surface area (Å²) in [4.78, 5) is 4.91. The molecule has 1 aromatic rings. The number of rotatable bonds is 6. The van der Waals surface area contributed by atoms with E-state index >= 15 is 0 Å². The molecule has 0 bridgehead atoms. The van der Waals surface area contributed by atoms with Crippen LogP contribution in [0.25, 0.3) is 0 Å². The number of aryl methyl sites for hydroxylation is 1. The Balaban J connectivity index is 1.70. The third-order valence-corrected chi connectivity index (χ3v) is 3.62. The smallest absolute Gasteiger partial charge is 0.118 e. The zero-order valence-corrected chi connectivity index (χ0v) is 12.5. The number of nitrogens with one attached hydrogen (secondary N) is 1. The van der Waals surface area contributed by atoms with E-state index in [4.69, 9.17) is 4.42 Å². The fraction of sp³-hybridized carbons (Fsp3) is 0.733. The first-order valence-corrected chi connectivity index (χ1v) is 7.30. The highest BCUT2D eigenvalue weighted by Crippen LogP contribution is 2.10. The van der Waals surface area contributed by atoms with E-state index in [1.165, 1.54) is 19.6 Å². The molecule has 1 fully saturated rings. The van der Waals surface area contributed by atoms with Gasteiger partial charge in [-0.3, -0.25) is 4.90 Å². The summed E-state index contributed by atoms with van der Waals surface area (Å²) in [5.41, 5.74) is 0. The second-order valence-corrected chi connectivity index (χ2v) is 5.86. The van der Waals surface area contributed by atoms with Gasteiger partial charge in [-0.1, -0.05) is 6.92 Å². The highest BCUT2D eigenvalue weighted by atomic mass is 16.3. The minimum absolute atomic E-state index is 0.694. The van der Waals surface area contributed by atoms with Gasteiger partial charge in [-0.2, -0.15) is 0 Å². The van der Waals surface area contributed by atoms with E-state index in [-0.39, 0.29) is 0 Å². The molecule has 108 valence electrons. The minimum Gasteiger partial charge on any atom is -0.465 e. The van der Waals surface area contributed by atoms with Crippen LogP contribution in [0.5, 0.6) is 0 Å². The molecule has 0 radical (unpaired) electrons. The van der Waals surface area contributed by atoms with E-state index in [2.05, 4.69) is 35.2 Å². The van der Waals surface area contributed by atoms with Crippen molar-refractivity contribution in [1.29, 1.82) is 0 Å². The monoisotopic (exact) mass is 265 g/mol. The van der Waals surface area contributed by atoms with Gasteiger partial charge in [0.25, 0.3) is 0 Å². The molecule has 0 saturated carbocycles. The predicted octanol–water partition coefficient (Wildman–Crippen LogP) is 1.56. The Morgan fingerprint density at radius 1 is 1.37 bits per heavy atom. The normalized spacial score (nSPS) is 18.9. The molecule has 0 amide bonds. The second-order valence-electron chi connectivity index (χ2n) is 5.86. The molecule has 19 heavy (non-hydrogen) atoms. The van der Waals surface area contributed by atoms with Crippen molar-refractivity contribution < 1.29 is 4.42 Å². The van der Waals surface area contributed by atoms with Crippen LogP contribution in [-0.4, -0.2) is 56.1 Å². The first kappa shape index (κ1) is 14.6. The van der Waals surface area contributed by atoms with Gasteiger partial charge in [0.05, 0.1) is 6.54 Å². The van der Waals surface area contributed by atoms with Crippen LogP contribution in [-0.2, 0) is 6.54 Å². The molecular weight excluding hydrogens is 238 g/mol. The Labute approximate surface area is 116 Å².